The van der Waals surface area contributed by atoms with E-state index in [9.17, 15) is 0 Å². The highest BCUT2D eigenvalue weighted by atomic mass is 17.1. The van der Waals surface area contributed by atoms with Gasteiger partial charge in [0.15, 0.2) is 0 Å². The Hall–Kier alpha value is -0.0800. The maximum Gasteiger partial charge on any atom is 0.0819 e. The van der Waals surface area contributed by atoms with Crippen LogP contribution >= 0.6 is 0 Å². The minimum Gasteiger partial charge on any atom is -0.252 e. The maximum atomic E-state index is 8.17. The van der Waals surface area contributed by atoms with Gasteiger partial charge in [-0.1, -0.05) is 85.0 Å². The van der Waals surface area contributed by atoms with Crippen molar-refractivity contribution in [1.29, 1.82) is 0 Å². The molecule has 0 aromatic heterocycles. The second kappa shape index (κ2) is 12.9. The monoisotopic (exact) mass is 272 g/mol. The quantitative estimate of drug-likeness (QED) is 0.245. The maximum absolute atomic E-state index is 8.17. The van der Waals surface area contributed by atoms with Gasteiger partial charge in [0.1, 0.15) is 0 Å². The SMILES string of the molecule is CC(C)(C)CCCCCCCCCCCCCOO. The van der Waals surface area contributed by atoms with Crippen molar-refractivity contribution in [1.82, 2.24) is 0 Å². The minimum atomic E-state index is 0.495. The minimum absolute atomic E-state index is 0.495. The van der Waals surface area contributed by atoms with Crippen LogP contribution in [0.4, 0.5) is 0 Å². The highest BCUT2D eigenvalue weighted by Gasteiger charge is 2.08. The van der Waals surface area contributed by atoms with Crippen LogP contribution in [0.15, 0.2) is 0 Å². The fraction of sp³-hybridized carbons (Fsp3) is 1.00. The first kappa shape index (κ1) is 18.9. The zero-order chi connectivity index (χ0) is 14.4. The standard InChI is InChI=1S/C17H36O2/c1-17(2,3)15-13-11-9-7-5-4-6-8-10-12-14-16-19-18/h18H,4-16H2,1-3H3. The number of unbranched alkanes of at least 4 members (excludes halogenated alkanes) is 10. The molecule has 2 nitrogen and oxygen atoms in total. The first-order valence-electron chi connectivity index (χ1n) is 8.32. The van der Waals surface area contributed by atoms with Gasteiger partial charge in [0.2, 0.25) is 0 Å². The fourth-order valence-electron chi connectivity index (χ4n) is 2.41. The van der Waals surface area contributed by atoms with Gasteiger partial charge >= 0.3 is 0 Å². The van der Waals surface area contributed by atoms with E-state index in [1.165, 1.54) is 70.6 Å². The summed E-state index contributed by atoms with van der Waals surface area (Å²) in [6.07, 6.45) is 16.0. The zero-order valence-electron chi connectivity index (χ0n) is 13.5. The summed E-state index contributed by atoms with van der Waals surface area (Å²) < 4.78 is 0. The largest absolute Gasteiger partial charge is 0.252 e. The second-order valence-corrected chi connectivity index (χ2v) is 7.03. The van der Waals surface area contributed by atoms with Crippen molar-refractivity contribution in [2.24, 2.45) is 5.41 Å². The summed E-state index contributed by atoms with van der Waals surface area (Å²) in [4.78, 5) is 4.05. The topological polar surface area (TPSA) is 29.5 Å². The van der Waals surface area contributed by atoms with Gasteiger partial charge in [-0.25, -0.2) is 4.89 Å². The van der Waals surface area contributed by atoms with Gasteiger partial charge in [-0.15, -0.1) is 0 Å². The van der Waals surface area contributed by atoms with Crippen molar-refractivity contribution < 1.29 is 10.1 Å². The Labute approximate surface area is 120 Å². The lowest BCUT2D eigenvalue weighted by Crippen LogP contribution is -2.03. The normalized spacial score (nSPS) is 12.0. The second-order valence-electron chi connectivity index (χ2n) is 7.03. The van der Waals surface area contributed by atoms with Crippen molar-refractivity contribution in [2.45, 2.75) is 97.8 Å². The average Bonchev–Trinajstić information content (AvgIpc) is 2.34. The van der Waals surface area contributed by atoms with E-state index < -0.39 is 0 Å². The van der Waals surface area contributed by atoms with Crippen LogP contribution in [0.3, 0.4) is 0 Å². The lowest BCUT2D eigenvalue weighted by Gasteiger charge is -2.17. The molecular formula is C17H36O2. The van der Waals surface area contributed by atoms with E-state index in [1.807, 2.05) is 0 Å². The Morgan fingerprint density at radius 3 is 1.37 bits per heavy atom. The van der Waals surface area contributed by atoms with E-state index in [4.69, 9.17) is 5.26 Å². The lowest BCUT2D eigenvalue weighted by molar-refractivity contribution is -0.242. The Bertz CT molecular complexity index is 173. The lowest BCUT2D eigenvalue weighted by atomic mass is 9.89. The predicted molar refractivity (Wildman–Crippen MR) is 83.4 cm³/mol. The van der Waals surface area contributed by atoms with E-state index in [1.54, 1.807) is 0 Å². The molecule has 0 spiro atoms. The fourth-order valence-corrected chi connectivity index (χ4v) is 2.41. The van der Waals surface area contributed by atoms with Crippen molar-refractivity contribution in [3.63, 3.8) is 0 Å². The first-order chi connectivity index (χ1) is 9.06. The van der Waals surface area contributed by atoms with Crippen LogP contribution in [-0.2, 0) is 4.89 Å². The molecule has 0 unspecified atom stereocenters. The van der Waals surface area contributed by atoms with Gasteiger partial charge in [-0.2, -0.15) is 0 Å². The Kier molecular flexibility index (Phi) is 12.9. The molecule has 0 saturated carbocycles. The summed E-state index contributed by atoms with van der Waals surface area (Å²) in [7, 11) is 0. The summed E-state index contributed by atoms with van der Waals surface area (Å²) in [5.41, 5.74) is 0.515. The van der Waals surface area contributed by atoms with Gasteiger partial charge in [0.25, 0.3) is 0 Å². The number of hydrogen-bond donors (Lipinski definition) is 1. The zero-order valence-corrected chi connectivity index (χ0v) is 13.5. The molecule has 116 valence electrons. The van der Waals surface area contributed by atoms with Crippen LogP contribution in [0, 0.1) is 5.41 Å². The van der Waals surface area contributed by atoms with Crippen LogP contribution in [0.25, 0.3) is 0 Å². The molecule has 1 N–H and O–H groups in total. The summed E-state index contributed by atoms with van der Waals surface area (Å²) in [5.74, 6) is 0. The molecule has 0 radical (unpaired) electrons. The van der Waals surface area contributed by atoms with Crippen LogP contribution < -0.4 is 0 Å². The first-order valence-corrected chi connectivity index (χ1v) is 8.32. The Morgan fingerprint density at radius 2 is 1.00 bits per heavy atom. The Morgan fingerprint density at radius 1 is 0.632 bits per heavy atom. The van der Waals surface area contributed by atoms with Gasteiger partial charge in [-0.3, -0.25) is 5.26 Å². The van der Waals surface area contributed by atoms with Gasteiger partial charge in [-0.05, 0) is 18.3 Å². The number of rotatable bonds is 13. The van der Waals surface area contributed by atoms with Crippen molar-refractivity contribution >= 4 is 0 Å². The molecular weight excluding hydrogens is 236 g/mol. The summed E-state index contributed by atoms with van der Waals surface area (Å²) in [5, 5.41) is 8.17. The molecule has 0 atom stereocenters. The van der Waals surface area contributed by atoms with Crippen LogP contribution in [0.2, 0.25) is 0 Å². The highest BCUT2D eigenvalue weighted by Crippen LogP contribution is 2.22. The molecule has 0 aliphatic rings. The summed E-state index contributed by atoms with van der Waals surface area (Å²) in [6, 6.07) is 0. The van der Waals surface area contributed by atoms with E-state index in [-0.39, 0.29) is 0 Å². The summed E-state index contributed by atoms with van der Waals surface area (Å²) >= 11 is 0. The van der Waals surface area contributed by atoms with E-state index in [2.05, 4.69) is 25.7 Å². The molecule has 0 fully saturated rings. The molecule has 0 saturated heterocycles. The van der Waals surface area contributed by atoms with Crippen LogP contribution in [0.5, 0.6) is 0 Å². The third-order valence-electron chi connectivity index (χ3n) is 3.66. The van der Waals surface area contributed by atoms with E-state index in [0.717, 1.165) is 6.42 Å². The molecule has 19 heavy (non-hydrogen) atoms. The predicted octanol–water partition coefficient (Wildman–Crippen LogP) is 6.20. The van der Waals surface area contributed by atoms with Gasteiger partial charge < -0.3 is 0 Å². The molecule has 2 heteroatoms. The van der Waals surface area contributed by atoms with Crippen molar-refractivity contribution in [2.75, 3.05) is 6.61 Å². The molecule has 0 aliphatic heterocycles. The van der Waals surface area contributed by atoms with E-state index >= 15 is 0 Å². The molecule has 0 aromatic rings. The number of hydrogen-bond acceptors (Lipinski definition) is 2. The summed E-state index contributed by atoms with van der Waals surface area (Å²) in [6.45, 7) is 7.49. The molecule has 0 bridgehead atoms. The molecule has 0 amide bonds. The molecule has 0 aliphatic carbocycles. The third-order valence-corrected chi connectivity index (χ3v) is 3.66. The molecule has 0 heterocycles. The molecule has 0 rings (SSSR count). The van der Waals surface area contributed by atoms with E-state index in [0.29, 0.717) is 12.0 Å². The van der Waals surface area contributed by atoms with Crippen molar-refractivity contribution in [3.8, 4) is 0 Å². The van der Waals surface area contributed by atoms with Crippen LogP contribution in [-0.4, -0.2) is 11.9 Å². The Balaban J connectivity index is 2.99. The van der Waals surface area contributed by atoms with Crippen LogP contribution in [0.1, 0.15) is 97.8 Å². The van der Waals surface area contributed by atoms with Gasteiger partial charge in [0, 0.05) is 0 Å². The molecule has 0 aromatic carbocycles. The highest BCUT2D eigenvalue weighted by molar-refractivity contribution is 4.61. The average molecular weight is 272 g/mol. The third kappa shape index (κ3) is 17.9. The van der Waals surface area contributed by atoms with Crippen molar-refractivity contribution in [3.05, 3.63) is 0 Å². The smallest absolute Gasteiger partial charge is 0.0819 e. The van der Waals surface area contributed by atoms with Gasteiger partial charge in [0.05, 0.1) is 6.61 Å².